The van der Waals surface area contributed by atoms with Crippen LogP contribution in [0.1, 0.15) is 35.7 Å². The highest BCUT2D eigenvalue weighted by Crippen LogP contribution is 2.39. The number of allylic oxidation sites excluding steroid dienone is 2. The summed E-state index contributed by atoms with van der Waals surface area (Å²) in [5, 5.41) is 3.14. The summed E-state index contributed by atoms with van der Waals surface area (Å²) in [6, 6.07) is 11.4. The number of hydrogen-bond acceptors (Lipinski definition) is 3. The highest BCUT2D eigenvalue weighted by Gasteiger charge is 2.51. The second-order valence-electron chi connectivity index (χ2n) is 7.77. The smallest absolute Gasteiger partial charge is 0.272 e. The van der Waals surface area contributed by atoms with Crippen molar-refractivity contribution in [3.05, 3.63) is 80.3 Å². The zero-order chi connectivity index (χ0) is 22.3. The third-order valence-corrected chi connectivity index (χ3v) is 6.63. The Labute approximate surface area is 195 Å². The molecule has 0 unspecified atom stereocenters. The van der Waals surface area contributed by atoms with E-state index in [-0.39, 0.29) is 28.9 Å². The fourth-order valence-electron chi connectivity index (χ4n) is 4.08. The van der Waals surface area contributed by atoms with Crippen molar-refractivity contribution in [1.29, 1.82) is 0 Å². The number of rotatable bonds is 4. The van der Waals surface area contributed by atoms with Gasteiger partial charge in [0.1, 0.15) is 0 Å². The van der Waals surface area contributed by atoms with Gasteiger partial charge in [-0.2, -0.15) is 5.01 Å². The number of amides is 3. The Hall–Kier alpha value is -2.34. The second-order valence-corrected chi connectivity index (χ2v) is 9.02. The van der Waals surface area contributed by atoms with E-state index < -0.39 is 17.7 Å². The van der Waals surface area contributed by atoms with Crippen LogP contribution in [0.15, 0.2) is 54.1 Å². The van der Waals surface area contributed by atoms with Crippen LogP contribution in [-0.2, 0) is 16.1 Å². The molecule has 4 rings (SSSR count). The van der Waals surface area contributed by atoms with Crippen LogP contribution in [-0.4, -0.2) is 27.7 Å². The van der Waals surface area contributed by atoms with Gasteiger partial charge in [0.25, 0.3) is 17.7 Å². The maximum atomic E-state index is 13.5. The molecular weight excluding hydrogens is 459 g/mol. The summed E-state index contributed by atoms with van der Waals surface area (Å²) in [7, 11) is 0. The van der Waals surface area contributed by atoms with Crippen LogP contribution in [0.3, 0.4) is 0 Å². The van der Waals surface area contributed by atoms with Crippen LogP contribution >= 0.6 is 34.8 Å². The third kappa shape index (κ3) is 4.10. The molecule has 0 aromatic heterocycles. The Balaban J connectivity index is 1.75. The van der Waals surface area contributed by atoms with Gasteiger partial charge in [-0.15, -0.1) is 0 Å². The van der Waals surface area contributed by atoms with Crippen molar-refractivity contribution < 1.29 is 14.4 Å². The van der Waals surface area contributed by atoms with Crippen LogP contribution in [0.25, 0.3) is 0 Å². The van der Waals surface area contributed by atoms with Crippen molar-refractivity contribution in [1.82, 2.24) is 10.0 Å². The van der Waals surface area contributed by atoms with E-state index in [0.717, 1.165) is 15.6 Å². The zero-order valence-electron chi connectivity index (χ0n) is 16.6. The number of hydrazine groups is 1. The second kappa shape index (κ2) is 8.65. The molecule has 2 aromatic rings. The molecule has 0 spiro atoms. The van der Waals surface area contributed by atoms with Gasteiger partial charge < -0.3 is 0 Å². The number of halogens is 3. The summed E-state index contributed by atoms with van der Waals surface area (Å²) in [5.41, 5.74) is 1.81. The zero-order valence-corrected chi connectivity index (χ0v) is 18.9. The van der Waals surface area contributed by atoms with Gasteiger partial charge in [0.15, 0.2) is 0 Å². The molecule has 2 aromatic carbocycles. The van der Waals surface area contributed by atoms with Crippen molar-refractivity contribution in [2.24, 2.45) is 11.8 Å². The lowest BCUT2D eigenvalue weighted by molar-refractivity contribution is -0.155. The molecule has 160 valence electrons. The molecule has 1 aliphatic carbocycles. The molecule has 0 bridgehead atoms. The molecule has 5 nitrogen and oxygen atoms in total. The van der Waals surface area contributed by atoms with E-state index in [0.29, 0.717) is 28.5 Å². The van der Waals surface area contributed by atoms with Crippen molar-refractivity contribution in [2.45, 2.75) is 26.3 Å². The number of imide groups is 1. The largest absolute Gasteiger partial charge is 0.274 e. The van der Waals surface area contributed by atoms with Crippen molar-refractivity contribution in [3.8, 4) is 0 Å². The summed E-state index contributed by atoms with van der Waals surface area (Å²) < 4.78 is 0. The highest BCUT2D eigenvalue weighted by atomic mass is 35.5. The van der Waals surface area contributed by atoms with E-state index in [9.17, 15) is 14.4 Å². The maximum absolute atomic E-state index is 13.5. The summed E-state index contributed by atoms with van der Waals surface area (Å²) in [5.74, 6) is -2.27. The van der Waals surface area contributed by atoms with E-state index in [4.69, 9.17) is 34.8 Å². The highest BCUT2D eigenvalue weighted by molar-refractivity contribution is 6.35. The van der Waals surface area contributed by atoms with Crippen molar-refractivity contribution in [3.63, 3.8) is 0 Å². The number of fused-ring (bicyclic) bond motifs is 1. The molecule has 8 heteroatoms. The first kappa shape index (κ1) is 21.9. The van der Waals surface area contributed by atoms with E-state index in [1.807, 2.05) is 13.0 Å². The van der Waals surface area contributed by atoms with E-state index in [1.165, 1.54) is 0 Å². The van der Waals surface area contributed by atoms with Crippen LogP contribution < -0.4 is 0 Å². The summed E-state index contributed by atoms with van der Waals surface area (Å²) in [4.78, 5) is 40.0. The monoisotopic (exact) mass is 476 g/mol. The molecule has 3 amide bonds. The van der Waals surface area contributed by atoms with Crippen LogP contribution in [0.5, 0.6) is 0 Å². The van der Waals surface area contributed by atoms with Gasteiger partial charge >= 0.3 is 0 Å². The number of carbonyl (C=O) groups is 3. The molecule has 1 heterocycles. The molecular formula is C23H19Cl3N2O3. The first-order chi connectivity index (χ1) is 14.8. The van der Waals surface area contributed by atoms with Gasteiger partial charge in [0.05, 0.1) is 29.0 Å². The molecule has 1 fully saturated rings. The Kier molecular flexibility index (Phi) is 6.11. The number of nitrogens with zero attached hydrogens (tertiary/aromatic N) is 2. The molecule has 2 atom stereocenters. The average Bonchev–Trinajstić information content (AvgIpc) is 2.97. The number of benzene rings is 2. The van der Waals surface area contributed by atoms with Gasteiger partial charge in [-0.05, 0) is 49.6 Å². The van der Waals surface area contributed by atoms with E-state index in [1.54, 1.807) is 42.5 Å². The van der Waals surface area contributed by atoms with Crippen molar-refractivity contribution in [2.75, 3.05) is 0 Å². The SMILES string of the molecule is CC1=CC[C@@H]2C(=O)N(N(Cc3ccc(Cl)cc3Cl)C(=O)c3ccccc3Cl)C(=O)[C@H]2C1. The minimum absolute atomic E-state index is 0.0800. The van der Waals surface area contributed by atoms with Crippen molar-refractivity contribution >= 4 is 52.5 Å². The Morgan fingerprint density at radius 1 is 1.03 bits per heavy atom. The summed E-state index contributed by atoms with van der Waals surface area (Å²) in [6.07, 6.45) is 2.96. The predicted molar refractivity (Wildman–Crippen MR) is 120 cm³/mol. The standard InChI is InChI=1S/C23H19Cl3N2O3/c1-13-6-9-16-18(10-13)23(31)28(22(16)30)27(12-14-7-8-15(24)11-20(14)26)21(29)17-4-2-3-5-19(17)25/h2-8,11,16,18H,9-10,12H2,1H3/t16-,18-/m0/s1. The van der Waals surface area contributed by atoms with Gasteiger partial charge in [0, 0.05) is 10.0 Å². The Morgan fingerprint density at radius 3 is 2.45 bits per heavy atom. The quantitative estimate of drug-likeness (QED) is 0.429. The van der Waals surface area contributed by atoms with Gasteiger partial charge in [0.2, 0.25) is 0 Å². The maximum Gasteiger partial charge on any atom is 0.274 e. The molecule has 0 saturated carbocycles. The molecule has 31 heavy (non-hydrogen) atoms. The molecule has 0 radical (unpaired) electrons. The predicted octanol–water partition coefficient (Wildman–Crippen LogP) is 5.55. The molecule has 2 aliphatic rings. The minimum Gasteiger partial charge on any atom is -0.272 e. The van der Waals surface area contributed by atoms with Crippen LogP contribution in [0, 0.1) is 11.8 Å². The Bertz CT molecular complexity index is 1110. The fraction of sp³-hybridized carbons (Fsp3) is 0.261. The van der Waals surface area contributed by atoms with Gasteiger partial charge in [-0.3, -0.25) is 14.4 Å². The summed E-state index contributed by atoms with van der Waals surface area (Å²) >= 11 is 18.6. The van der Waals surface area contributed by atoms with Crippen LogP contribution in [0.2, 0.25) is 15.1 Å². The van der Waals surface area contributed by atoms with Gasteiger partial charge in [-0.1, -0.05) is 64.7 Å². The molecule has 1 saturated heterocycles. The molecule has 1 aliphatic heterocycles. The first-order valence-electron chi connectivity index (χ1n) is 9.81. The molecule has 0 N–H and O–H groups in total. The Morgan fingerprint density at radius 2 is 1.74 bits per heavy atom. The number of hydrogen-bond donors (Lipinski definition) is 0. The lowest BCUT2D eigenvalue weighted by Crippen LogP contribution is -2.50. The summed E-state index contributed by atoms with van der Waals surface area (Å²) in [6.45, 7) is 1.86. The average molecular weight is 478 g/mol. The normalized spacial score (nSPS) is 20.5. The fourth-order valence-corrected chi connectivity index (χ4v) is 4.76. The topological polar surface area (TPSA) is 57.7 Å². The lowest BCUT2D eigenvalue weighted by Gasteiger charge is -2.31. The van der Waals surface area contributed by atoms with E-state index in [2.05, 4.69) is 0 Å². The minimum atomic E-state index is -0.554. The first-order valence-corrected chi connectivity index (χ1v) is 10.9. The van der Waals surface area contributed by atoms with Gasteiger partial charge in [-0.25, -0.2) is 5.01 Å². The number of carbonyl (C=O) groups excluding carboxylic acids is 3. The van der Waals surface area contributed by atoms with E-state index >= 15 is 0 Å². The lowest BCUT2D eigenvalue weighted by atomic mass is 9.82. The van der Waals surface area contributed by atoms with Crippen LogP contribution in [0.4, 0.5) is 0 Å². The third-order valence-electron chi connectivity index (χ3n) is 5.72.